The van der Waals surface area contributed by atoms with Crippen LogP contribution in [0.2, 0.25) is 0 Å². The molecule has 3 aromatic heterocycles. The van der Waals surface area contributed by atoms with Gasteiger partial charge in [0.1, 0.15) is 10.5 Å². The van der Waals surface area contributed by atoms with Crippen molar-refractivity contribution in [2.45, 2.75) is 6.54 Å². The summed E-state index contributed by atoms with van der Waals surface area (Å²) in [5.41, 5.74) is 0.605. The Morgan fingerprint density at radius 3 is 3.06 bits per heavy atom. The van der Waals surface area contributed by atoms with Crippen LogP contribution in [0, 0.1) is 0 Å². The average molecular weight is 260 g/mol. The predicted octanol–water partition coefficient (Wildman–Crippen LogP) is 1.91. The van der Waals surface area contributed by atoms with Crippen LogP contribution in [-0.4, -0.2) is 15.8 Å². The first-order valence-electron chi connectivity index (χ1n) is 5.24. The standard InChI is InChI=1S/C12H8N2O3S/c15-6-9-2-1-8(17-9)5-14-7-13-10-3-4-18-11(10)12(14)16/h1-4,6-7H,5H2. The minimum absolute atomic E-state index is 0.0981. The number of fused-ring (bicyclic) bond motifs is 1. The summed E-state index contributed by atoms with van der Waals surface area (Å²) in [5.74, 6) is 0.806. The molecule has 0 aliphatic carbocycles. The molecule has 0 aromatic carbocycles. The van der Waals surface area contributed by atoms with Gasteiger partial charge in [-0.05, 0) is 23.6 Å². The fourth-order valence-corrected chi connectivity index (χ4v) is 2.49. The fraction of sp³-hybridized carbons (Fsp3) is 0.0833. The quantitative estimate of drug-likeness (QED) is 0.675. The highest BCUT2D eigenvalue weighted by Crippen LogP contribution is 2.14. The van der Waals surface area contributed by atoms with Crippen LogP contribution in [0.3, 0.4) is 0 Å². The van der Waals surface area contributed by atoms with Crippen LogP contribution in [0.1, 0.15) is 16.3 Å². The van der Waals surface area contributed by atoms with Gasteiger partial charge < -0.3 is 4.42 Å². The van der Waals surface area contributed by atoms with Crippen LogP contribution in [0.5, 0.6) is 0 Å². The Kier molecular flexibility index (Phi) is 2.56. The van der Waals surface area contributed by atoms with Crippen LogP contribution >= 0.6 is 11.3 Å². The molecule has 0 radical (unpaired) electrons. The number of thiophene rings is 1. The molecule has 6 heteroatoms. The first-order valence-corrected chi connectivity index (χ1v) is 6.12. The molecule has 0 atom stereocenters. The van der Waals surface area contributed by atoms with Crippen molar-refractivity contribution in [2.24, 2.45) is 0 Å². The summed E-state index contributed by atoms with van der Waals surface area (Å²) in [6.45, 7) is 0.271. The molecule has 3 heterocycles. The molecule has 3 aromatic rings. The number of furan rings is 1. The van der Waals surface area contributed by atoms with Gasteiger partial charge in [0.15, 0.2) is 12.0 Å². The Morgan fingerprint density at radius 1 is 1.39 bits per heavy atom. The summed E-state index contributed by atoms with van der Waals surface area (Å²) >= 11 is 1.37. The van der Waals surface area contributed by atoms with Gasteiger partial charge >= 0.3 is 0 Å². The Bertz CT molecular complexity index is 769. The van der Waals surface area contributed by atoms with E-state index in [9.17, 15) is 9.59 Å². The number of carbonyl (C=O) groups excluding carboxylic acids is 1. The normalized spacial score (nSPS) is 10.9. The fourth-order valence-electron chi connectivity index (χ4n) is 1.70. The molecule has 0 aliphatic rings. The highest BCUT2D eigenvalue weighted by atomic mass is 32.1. The lowest BCUT2D eigenvalue weighted by Crippen LogP contribution is -2.19. The van der Waals surface area contributed by atoms with E-state index in [1.54, 1.807) is 12.1 Å². The van der Waals surface area contributed by atoms with Crippen molar-refractivity contribution >= 4 is 27.8 Å². The molecule has 18 heavy (non-hydrogen) atoms. The molecular weight excluding hydrogens is 252 g/mol. The lowest BCUT2D eigenvalue weighted by atomic mass is 10.4. The van der Waals surface area contributed by atoms with Gasteiger partial charge in [-0.2, -0.15) is 0 Å². The predicted molar refractivity (Wildman–Crippen MR) is 67.1 cm³/mol. The van der Waals surface area contributed by atoms with Crippen LogP contribution in [-0.2, 0) is 6.54 Å². The molecule has 0 saturated carbocycles. The molecule has 90 valence electrons. The summed E-state index contributed by atoms with van der Waals surface area (Å²) in [6, 6.07) is 5.06. The van der Waals surface area contributed by atoms with E-state index < -0.39 is 0 Å². The highest BCUT2D eigenvalue weighted by molar-refractivity contribution is 7.17. The van der Waals surface area contributed by atoms with Gasteiger partial charge in [0.25, 0.3) is 5.56 Å². The van der Waals surface area contributed by atoms with Gasteiger partial charge in [-0.15, -0.1) is 11.3 Å². The van der Waals surface area contributed by atoms with E-state index in [4.69, 9.17) is 4.42 Å². The van der Waals surface area contributed by atoms with Gasteiger partial charge in [0.05, 0.1) is 18.4 Å². The van der Waals surface area contributed by atoms with Gasteiger partial charge in [-0.1, -0.05) is 0 Å². The van der Waals surface area contributed by atoms with Gasteiger partial charge in [0, 0.05) is 0 Å². The number of aldehydes is 1. The lowest BCUT2D eigenvalue weighted by Gasteiger charge is -2.01. The molecule has 3 rings (SSSR count). The number of hydrogen-bond acceptors (Lipinski definition) is 5. The maximum Gasteiger partial charge on any atom is 0.271 e. The topological polar surface area (TPSA) is 65.1 Å². The van der Waals surface area contributed by atoms with Gasteiger partial charge in [0.2, 0.25) is 0 Å². The van der Waals surface area contributed by atoms with Crippen LogP contribution in [0.4, 0.5) is 0 Å². The van der Waals surface area contributed by atoms with Crippen LogP contribution in [0.25, 0.3) is 10.2 Å². The van der Waals surface area contributed by atoms with Crippen LogP contribution < -0.4 is 5.56 Å². The number of carbonyl (C=O) groups is 1. The number of rotatable bonds is 3. The molecule has 0 unspecified atom stereocenters. The minimum atomic E-state index is -0.0981. The minimum Gasteiger partial charge on any atom is -0.456 e. The zero-order valence-electron chi connectivity index (χ0n) is 9.20. The monoisotopic (exact) mass is 260 g/mol. The molecule has 0 bridgehead atoms. The summed E-state index contributed by atoms with van der Waals surface area (Å²) in [5, 5.41) is 1.83. The van der Waals surface area contributed by atoms with E-state index in [1.165, 1.54) is 22.2 Å². The van der Waals surface area contributed by atoms with Crippen molar-refractivity contribution in [1.82, 2.24) is 9.55 Å². The second-order valence-electron chi connectivity index (χ2n) is 3.73. The third-order valence-electron chi connectivity index (χ3n) is 2.56. The molecule has 0 aliphatic heterocycles. The zero-order valence-corrected chi connectivity index (χ0v) is 10.0. The maximum atomic E-state index is 12.1. The summed E-state index contributed by atoms with van der Waals surface area (Å²) < 4.78 is 7.32. The maximum absolute atomic E-state index is 12.1. The van der Waals surface area contributed by atoms with Crippen molar-refractivity contribution < 1.29 is 9.21 Å². The van der Waals surface area contributed by atoms with Gasteiger partial charge in [-0.3, -0.25) is 14.2 Å². The summed E-state index contributed by atoms with van der Waals surface area (Å²) in [6.07, 6.45) is 2.12. The largest absolute Gasteiger partial charge is 0.456 e. The molecule has 0 amide bonds. The zero-order chi connectivity index (χ0) is 12.5. The molecule has 0 spiro atoms. The van der Waals surface area contributed by atoms with E-state index in [0.717, 1.165) is 0 Å². The highest BCUT2D eigenvalue weighted by Gasteiger charge is 2.07. The Balaban J connectivity index is 2.01. The van der Waals surface area contributed by atoms with E-state index in [1.807, 2.05) is 11.4 Å². The van der Waals surface area contributed by atoms with Gasteiger partial charge in [-0.25, -0.2) is 4.98 Å². The Labute approximate surface area is 105 Å². The third-order valence-corrected chi connectivity index (χ3v) is 3.45. The van der Waals surface area contributed by atoms with E-state index >= 15 is 0 Å². The van der Waals surface area contributed by atoms with E-state index in [0.29, 0.717) is 22.3 Å². The summed E-state index contributed by atoms with van der Waals surface area (Å²) in [7, 11) is 0. The van der Waals surface area contributed by atoms with Crippen molar-refractivity contribution in [3.63, 3.8) is 0 Å². The van der Waals surface area contributed by atoms with Crippen molar-refractivity contribution in [3.05, 3.63) is 51.8 Å². The smallest absolute Gasteiger partial charge is 0.271 e. The molecule has 5 nitrogen and oxygen atoms in total. The Hall–Kier alpha value is -2.21. The lowest BCUT2D eigenvalue weighted by molar-refractivity contribution is 0.109. The molecule has 0 saturated heterocycles. The van der Waals surface area contributed by atoms with E-state index in [-0.39, 0.29) is 17.9 Å². The second-order valence-corrected chi connectivity index (χ2v) is 4.65. The molecule has 0 N–H and O–H groups in total. The summed E-state index contributed by atoms with van der Waals surface area (Å²) in [4.78, 5) is 26.8. The number of hydrogen-bond donors (Lipinski definition) is 0. The van der Waals surface area contributed by atoms with Crippen molar-refractivity contribution in [1.29, 1.82) is 0 Å². The third kappa shape index (κ3) is 1.76. The first kappa shape index (κ1) is 10.9. The number of nitrogens with zero attached hydrogens (tertiary/aromatic N) is 2. The second kappa shape index (κ2) is 4.23. The van der Waals surface area contributed by atoms with Crippen molar-refractivity contribution in [3.8, 4) is 0 Å². The molecular formula is C12H8N2O3S. The molecule has 0 fully saturated rings. The van der Waals surface area contributed by atoms with E-state index in [2.05, 4.69) is 4.98 Å². The average Bonchev–Trinajstić information content (AvgIpc) is 3.01. The SMILES string of the molecule is O=Cc1ccc(Cn2cnc3ccsc3c2=O)o1. The Morgan fingerprint density at radius 2 is 2.28 bits per heavy atom. The van der Waals surface area contributed by atoms with Crippen molar-refractivity contribution in [2.75, 3.05) is 0 Å². The van der Waals surface area contributed by atoms with Crippen LogP contribution in [0.15, 0.2) is 39.1 Å². The number of aromatic nitrogens is 2. The first-order chi connectivity index (χ1) is 8.78.